The predicted molar refractivity (Wildman–Crippen MR) is 108 cm³/mol. The molecule has 1 rings (SSSR count). The number of carbonyl (C=O) groups excluding carboxylic acids is 1. The van der Waals surface area contributed by atoms with E-state index >= 15 is 0 Å². The molecule has 0 radical (unpaired) electrons. The van der Waals surface area contributed by atoms with Gasteiger partial charge in [0.1, 0.15) is 0 Å². The van der Waals surface area contributed by atoms with Gasteiger partial charge in [0.15, 0.2) is 5.96 Å². The highest BCUT2D eigenvalue weighted by Crippen LogP contribution is 2.18. The van der Waals surface area contributed by atoms with Crippen LogP contribution in [0.3, 0.4) is 0 Å². The minimum atomic E-state index is -0.729. The molecule has 1 fully saturated rings. The number of aliphatic hydroxyl groups is 1. The van der Waals surface area contributed by atoms with Crippen LogP contribution in [0.1, 0.15) is 73.1 Å². The van der Waals surface area contributed by atoms with Gasteiger partial charge in [0.05, 0.1) is 12.1 Å². The van der Waals surface area contributed by atoms with E-state index in [4.69, 9.17) is 0 Å². The van der Waals surface area contributed by atoms with Gasteiger partial charge in [-0.15, -0.1) is 0 Å². The molecule has 6 nitrogen and oxygen atoms in total. The van der Waals surface area contributed by atoms with Gasteiger partial charge >= 0.3 is 0 Å². The first-order valence-corrected chi connectivity index (χ1v) is 10.5. The number of nitrogens with one attached hydrogen (secondary N) is 2. The Balaban J connectivity index is 2.58. The largest absolute Gasteiger partial charge is 0.388 e. The molecule has 3 N–H and O–H groups in total. The van der Waals surface area contributed by atoms with E-state index in [0.717, 1.165) is 51.3 Å². The number of carbonyl (C=O) groups is 1. The third-order valence-electron chi connectivity index (χ3n) is 5.67. The minimum Gasteiger partial charge on any atom is -0.388 e. The summed E-state index contributed by atoms with van der Waals surface area (Å²) in [6, 6.07) is 0.315. The maximum absolute atomic E-state index is 12.5. The molecule has 152 valence electrons. The van der Waals surface area contributed by atoms with E-state index in [9.17, 15) is 9.90 Å². The van der Waals surface area contributed by atoms with Crippen LogP contribution >= 0.6 is 0 Å². The van der Waals surface area contributed by atoms with E-state index in [1.807, 2.05) is 25.7 Å². The molecule has 1 aliphatic heterocycles. The van der Waals surface area contributed by atoms with Crippen LogP contribution in [0.25, 0.3) is 0 Å². The van der Waals surface area contributed by atoms with E-state index in [1.54, 1.807) is 0 Å². The molecule has 0 spiro atoms. The number of amides is 1. The first-order valence-electron chi connectivity index (χ1n) is 10.5. The topological polar surface area (TPSA) is 77.0 Å². The SMILES string of the molecule is CCNC(=NCC(O)(CC)CC)NC1CCN(C(=O)C(CC)CC)CC1. The molecule has 6 heteroatoms. The maximum Gasteiger partial charge on any atom is 0.225 e. The summed E-state index contributed by atoms with van der Waals surface area (Å²) in [4.78, 5) is 19.1. The zero-order valence-electron chi connectivity index (χ0n) is 17.5. The molecule has 0 aromatic heterocycles. The molecule has 1 aliphatic rings. The number of rotatable bonds is 9. The lowest BCUT2D eigenvalue weighted by atomic mass is 9.98. The Morgan fingerprint density at radius 1 is 1.15 bits per heavy atom. The molecule has 0 aromatic rings. The molecule has 1 amide bonds. The van der Waals surface area contributed by atoms with Gasteiger partial charge < -0.3 is 20.6 Å². The standard InChI is InChI=1S/C20H40N4O2/c1-6-16(7-2)18(25)24-13-11-17(12-14-24)23-19(21-10-5)22-15-20(26,8-3)9-4/h16-17,26H,6-15H2,1-5H3,(H2,21,22,23). The second-order valence-corrected chi connectivity index (χ2v) is 7.38. The summed E-state index contributed by atoms with van der Waals surface area (Å²) in [6.07, 6.45) is 5.10. The highest BCUT2D eigenvalue weighted by molar-refractivity contribution is 5.80. The van der Waals surface area contributed by atoms with Crippen LogP contribution in [0.2, 0.25) is 0 Å². The predicted octanol–water partition coefficient (Wildman–Crippen LogP) is 2.52. The number of nitrogens with zero attached hydrogens (tertiary/aromatic N) is 2. The highest BCUT2D eigenvalue weighted by atomic mass is 16.3. The minimum absolute atomic E-state index is 0.166. The highest BCUT2D eigenvalue weighted by Gasteiger charge is 2.27. The monoisotopic (exact) mass is 368 g/mol. The van der Waals surface area contributed by atoms with Crippen LogP contribution in [0, 0.1) is 5.92 Å². The normalized spacial score (nSPS) is 16.9. The number of hydrogen-bond donors (Lipinski definition) is 3. The van der Waals surface area contributed by atoms with Gasteiger partial charge in [0.2, 0.25) is 5.91 Å². The van der Waals surface area contributed by atoms with Crippen molar-refractivity contribution in [3.05, 3.63) is 0 Å². The zero-order valence-corrected chi connectivity index (χ0v) is 17.5. The molecule has 1 heterocycles. The summed E-state index contributed by atoms with van der Waals surface area (Å²) in [5.41, 5.74) is -0.729. The fraction of sp³-hybridized carbons (Fsp3) is 0.900. The molecule has 0 unspecified atom stereocenters. The van der Waals surface area contributed by atoms with E-state index in [2.05, 4.69) is 29.5 Å². The van der Waals surface area contributed by atoms with E-state index < -0.39 is 5.60 Å². The van der Waals surface area contributed by atoms with Gasteiger partial charge in [0, 0.05) is 31.6 Å². The fourth-order valence-electron chi connectivity index (χ4n) is 3.35. The number of guanidine groups is 1. The van der Waals surface area contributed by atoms with Gasteiger partial charge in [-0.1, -0.05) is 27.7 Å². The molecule has 0 bridgehead atoms. The van der Waals surface area contributed by atoms with Gasteiger partial charge in [-0.3, -0.25) is 9.79 Å². The zero-order chi connectivity index (χ0) is 19.6. The van der Waals surface area contributed by atoms with Crippen LogP contribution in [-0.2, 0) is 4.79 Å². The lowest BCUT2D eigenvalue weighted by molar-refractivity contribution is -0.136. The van der Waals surface area contributed by atoms with E-state index in [-0.39, 0.29) is 5.92 Å². The molecule has 0 atom stereocenters. The Bertz CT molecular complexity index is 437. The lowest BCUT2D eigenvalue weighted by Crippen LogP contribution is -2.51. The van der Waals surface area contributed by atoms with Crippen molar-refractivity contribution in [2.24, 2.45) is 10.9 Å². The van der Waals surface area contributed by atoms with Crippen LogP contribution in [-0.4, -0.2) is 59.7 Å². The van der Waals surface area contributed by atoms with Crippen LogP contribution in [0.5, 0.6) is 0 Å². The van der Waals surface area contributed by atoms with Crippen LogP contribution in [0.15, 0.2) is 4.99 Å². The summed E-state index contributed by atoms with van der Waals surface area (Å²) >= 11 is 0. The molecular weight excluding hydrogens is 328 g/mol. The number of aliphatic imine (C=N–C) groups is 1. The maximum atomic E-state index is 12.5. The molecule has 0 aromatic carbocycles. The van der Waals surface area contributed by atoms with Crippen molar-refractivity contribution in [1.29, 1.82) is 0 Å². The molecule has 26 heavy (non-hydrogen) atoms. The van der Waals surface area contributed by atoms with Crippen molar-refractivity contribution in [1.82, 2.24) is 15.5 Å². The second-order valence-electron chi connectivity index (χ2n) is 7.38. The van der Waals surface area contributed by atoms with E-state index in [0.29, 0.717) is 31.3 Å². The summed E-state index contributed by atoms with van der Waals surface area (Å²) in [7, 11) is 0. The Hall–Kier alpha value is -1.30. The lowest BCUT2D eigenvalue weighted by Gasteiger charge is -2.35. The second kappa shape index (κ2) is 11.4. The Morgan fingerprint density at radius 3 is 2.19 bits per heavy atom. The summed E-state index contributed by atoms with van der Waals surface area (Å²) in [5.74, 6) is 1.24. The van der Waals surface area contributed by atoms with Gasteiger partial charge in [-0.25, -0.2) is 0 Å². The number of hydrogen-bond acceptors (Lipinski definition) is 3. The third-order valence-corrected chi connectivity index (χ3v) is 5.67. The first kappa shape index (κ1) is 22.7. The van der Waals surface area contributed by atoms with Gasteiger partial charge in [0.25, 0.3) is 0 Å². The number of piperidine rings is 1. The van der Waals surface area contributed by atoms with E-state index in [1.165, 1.54) is 0 Å². The molecule has 1 saturated heterocycles. The van der Waals surface area contributed by atoms with Crippen LogP contribution in [0.4, 0.5) is 0 Å². The average molecular weight is 369 g/mol. The fourth-order valence-corrected chi connectivity index (χ4v) is 3.35. The van der Waals surface area contributed by atoms with Crippen molar-refractivity contribution in [3.8, 4) is 0 Å². The molecule has 0 aliphatic carbocycles. The third kappa shape index (κ3) is 6.78. The van der Waals surface area contributed by atoms with Crippen LogP contribution < -0.4 is 10.6 Å². The quantitative estimate of drug-likeness (QED) is 0.432. The Morgan fingerprint density at radius 2 is 1.73 bits per heavy atom. The summed E-state index contributed by atoms with van der Waals surface area (Å²) in [5, 5.41) is 17.2. The summed E-state index contributed by atoms with van der Waals surface area (Å²) < 4.78 is 0. The summed E-state index contributed by atoms with van der Waals surface area (Å²) in [6.45, 7) is 13.0. The van der Waals surface area contributed by atoms with Crippen molar-refractivity contribution in [3.63, 3.8) is 0 Å². The number of likely N-dealkylation sites (tertiary alicyclic amines) is 1. The molecular formula is C20H40N4O2. The first-order chi connectivity index (χ1) is 12.4. The van der Waals surface area contributed by atoms with Crippen molar-refractivity contribution in [2.75, 3.05) is 26.2 Å². The van der Waals surface area contributed by atoms with Crippen molar-refractivity contribution in [2.45, 2.75) is 84.8 Å². The van der Waals surface area contributed by atoms with Crippen molar-refractivity contribution >= 4 is 11.9 Å². The van der Waals surface area contributed by atoms with Gasteiger partial charge in [-0.2, -0.15) is 0 Å². The Labute approximate surface area is 159 Å². The molecule has 0 saturated carbocycles. The van der Waals surface area contributed by atoms with Gasteiger partial charge in [-0.05, 0) is 45.4 Å². The smallest absolute Gasteiger partial charge is 0.225 e. The average Bonchev–Trinajstić information content (AvgIpc) is 2.67. The Kier molecular flexibility index (Phi) is 9.99. The van der Waals surface area contributed by atoms with Crippen molar-refractivity contribution < 1.29 is 9.90 Å².